The van der Waals surface area contributed by atoms with E-state index in [0.29, 0.717) is 18.2 Å². The van der Waals surface area contributed by atoms with Crippen LogP contribution in [0.15, 0.2) is 29.2 Å². The predicted octanol–water partition coefficient (Wildman–Crippen LogP) is 1.83. The Morgan fingerprint density at radius 2 is 1.74 bits per heavy atom. The minimum atomic E-state index is -3.40. The Bertz CT molecular complexity index is 493. The molecule has 0 unspecified atom stereocenters. The second-order valence-corrected chi connectivity index (χ2v) is 6.79. The number of nitrogen functional groups attached to an aromatic ring is 1. The zero-order chi connectivity index (χ0) is 13.7. The zero-order valence-electron chi connectivity index (χ0n) is 10.9. The maximum absolute atomic E-state index is 12.1. The van der Waals surface area contributed by atoms with E-state index in [-0.39, 0.29) is 4.90 Å². The summed E-state index contributed by atoms with van der Waals surface area (Å²) in [4.78, 5) is 0.280. The molecule has 0 aliphatic heterocycles. The Morgan fingerprint density at radius 1 is 1.11 bits per heavy atom. The van der Waals surface area contributed by atoms with Gasteiger partial charge in [0.25, 0.3) is 0 Å². The van der Waals surface area contributed by atoms with Crippen molar-refractivity contribution in [3.05, 3.63) is 24.3 Å². The number of sulfonamides is 1. The highest BCUT2D eigenvalue weighted by Crippen LogP contribution is 2.23. The van der Waals surface area contributed by atoms with Crippen LogP contribution in [0.5, 0.6) is 0 Å². The van der Waals surface area contributed by atoms with Gasteiger partial charge >= 0.3 is 0 Å². The van der Waals surface area contributed by atoms with Gasteiger partial charge in [0.1, 0.15) is 0 Å². The van der Waals surface area contributed by atoms with Gasteiger partial charge in [-0.25, -0.2) is 13.1 Å². The zero-order valence-corrected chi connectivity index (χ0v) is 11.7. The van der Waals surface area contributed by atoms with Crippen molar-refractivity contribution in [2.45, 2.75) is 37.0 Å². The van der Waals surface area contributed by atoms with E-state index in [2.05, 4.69) is 10.1 Å². The van der Waals surface area contributed by atoms with Gasteiger partial charge < -0.3 is 5.43 Å². The van der Waals surface area contributed by atoms with Crippen molar-refractivity contribution in [1.82, 2.24) is 4.72 Å². The molecule has 0 radical (unpaired) electrons. The van der Waals surface area contributed by atoms with Crippen molar-refractivity contribution >= 4 is 15.7 Å². The molecule has 1 fully saturated rings. The van der Waals surface area contributed by atoms with E-state index in [1.165, 1.54) is 19.3 Å². The van der Waals surface area contributed by atoms with E-state index < -0.39 is 10.0 Å². The third-order valence-electron chi connectivity index (χ3n) is 3.62. The quantitative estimate of drug-likeness (QED) is 0.568. The second-order valence-electron chi connectivity index (χ2n) is 5.02. The number of nitrogens with one attached hydrogen (secondary N) is 2. The number of anilines is 1. The first kappa shape index (κ1) is 14.3. The molecule has 106 valence electrons. The number of benzene rings is 1. The van der Waals surface area contributed by atoms with Crippen LogP contribution in [0.25, 0.3) is 0 Å². The van der Waals surface area contributed by atoms with Crippen molar-refractivity contribution in [3.63, 3.8) is 0 Å². The van der Waals surface area contributed by atoms with Crippen LogP contribution in [-0.2, 0) is 10.0 Å². The lowest BCUT2D eigenvalue weighted by Crippen LogP contribution is -2.30. The Morgan fingerprint density at radius 3 is 2.32 bits per heavy atom. The topological polar surface area (TPSA) is 84.2 Å². The third kappa shape index (κ3) is 3.92. The Balaban J connectivity index is 1.96. The lowest BCUT2D eigenvalue weighted by Gasteiger charge is -2.21. The van der Waals surface area contributed by atoms with Crippen LogP contribution in [0.3, 0.4) is 0 Å². The molecule has 19 heavy (non-hydrogen) atoms. The standard InChI is InChI=1S/C13H21N3O2S/c14-16-12-6-8-13(9-7-12)19(17,18)15-10-11-4-2-1-3-5-11/h6-9,11,15-16H,1-5,10,14H2. The maximum atomic E-state index is 12.1. The van der Waals surface area contributed by atoms with Crippen LogP contribution in [0, 0.1) is 5.92 Å². The van der Waals surface area contributed by atoms with Gasteiger partial charge in [0, 0.05) is 12.2 Å². The van der Waals surface area contributed by atoms with E-state index in [4.69, 9.17) is 5.84 Å². The van der Waals surface area contributed by atoms with Gasteiger partial charge in [0.15, 0.2) is 0 Å². The number of nitrogens with two attached hydrogens (primary N) is 1. The molecule has 0 saturated heterocycles. The van der Waals surface area contributed by atoms with E-state index in [9.17, 15) is 8.42 Å². The highest BCUT2D eigenvalue weighted by molar-refractivity contribution is 7.89. The van der Waals surface area contributed by atoms with E-state index in [0.717, 1.165) is 12.8 Å². The number of rotatable bonds is 5. The normalized spacial score (nSPS) is 17.3. The molecule has 1 aromatic carbocycles. The minimum Gasteiger partial charge on any atom is -0.324 e. The van der Waals surface area contributed by atoms with E-state index in [1.54, 1.807) is 24.3 Å². The fourth-order valence-corrected chi connectivity index (χ4v) is 3.55. The summed E-state index contributed by atoms with van der Waals surface area (Å²) in [6.45, 7) is 0.541. The third-order valence-corrected chi connectivity index (χ3v) is 5.06. The van der Waals surface area contributed by atoms with Gasteiger partial charge in [0.05, 0.1) is 4.90 Å². The van der Waals surface area contributed by atoms with Crippen molar-refractivity contribution < 1.29 is 8.42 Å². The number of hydrazine groups is 1. The summed E-state index contributed by atoms with van der Waals surface area (Å²) < 4.78 is 26.9. The molecule has 0 aromatic heterocycles. The van der Waals surface area contributed by atoms with Crippen LogP contribution < -0.4 is 16.0 Å². The summed E-state index contributed by atoms with van der Waals surface area (Å²) in [7, 11) is -3.40. The van der Waals surface area contributed by atoms with Crippen molar-refractivity contribution in [2.75, 3.05) is 12.0 Å². The summed E-state index contributed by atoms with van der Waals surface area (Å²) in [6, 6.07) is 6.40. The summed E-state index contributed by atoms with van der Waals surface area (Å²) in [5, 5.41) is 0. The van der Waals surface area contributed by atoms with Crippen LogP contribution in [-0.4, -0.2) is 15.0 Å². The number of hydrogen-bond donors (Lipinski definition) is 3. The van der Waals surface area contributed by atoms with Crippen LogP contribution >= 0.6 is 0 Å². The number of hydrogen-bond acceptors (Lipinski definition) is 4. The van der Waals surface area contributed by atoms with E-state index in [1.807, 2.05) is 0 Å². The minimum absolute atomic E-state index is 0.280. The van der Waals surface area contributed by atoms with Crippen LogP contribution in [0.2, 0.25) is 0 Å². The molecule has 0 bridgehead atoms. The summed E-state index contributed by atoms with van der Waals surface area (Å²) in [5.74, 6) is 5.73. The molecule has 1 saturated carbocycles. The van der Waals surface area contributed by atoms with Gasteiger partial charge in [-0.1, -0.05) is 19.3 Å². The molecule has 6 heteroatoms. The van der Waals surface area contributed by atoms with Crippen molar-refractivity contribution in [1.29, 1.82) is 0 Å². The Labute approximate surface area is 114 Å². The van der Waals surface area contributed by atoms with Crippen LogP contribution in [0.4, 0.5) is 5.69 Å². The second kappa shape index (κ2) is 6.36. The highest BCUT2D eigenvalue weighted by atomic mass is 32.2. The molecular weight excluding hydrogens is 262 g/mol. The van der Waals surface area contributed by atoms with Crippen molar-refractivity contribution in [2.24, 2.45) is 11.8 Å². The largest absolute Gasteiger partial charge is 0.324 e. The first-order chi connectivity index (χ1) is 9.12. The van der Waals surface area contributed by atoms with Crippen molar-refractivity contribution in [3.8, 4) is 0 Å². The van der Waals surface area contributed by atoms with Gasteiger partial charge in [-0.15, -0.1) is 0 Å². The summed E-state index contributed by atoms with van der Waals surface area (Å²) >= 11 is 0. The first-order valence-electron chi connectivity index (χ1n) is 6.68. The average molecular weight is 283 g/mol. The van der Waals surface area contributed by atoms with Gasteiger partial charge in [-0.2, -0.15) is 0 Å². The smallest absolute Gasteiger partial charge is 0.240 e. The molecule has 0 atom stereocenters. The lowest BCUT2D eigenvalue weighted by molar-refractivity contribution is 0.357. The first-order valence-corrected chi connectivity index (χ1v) is 8.16. The molecule has 2 rings (SSSR count). The summed E-state index contributed by atoms with van der Waals surface area (Å²) in [6.07, 6.45) is 5.94. The highest BCUT2D eigenvalue weighted by Gasteiger charge is 2.18. The van der Waals surface area contributed by atoms with E-state index >= 15 is 0 Å². The molecular formula is C13H21N3O2S. The molecule has 1 aromatic rings. The molecule has 5 nitrogen and oxygen atoms in total. The average Bonchev–Trinajstić information content (AvgIpc) is 2.46. The maximum Gasteiger partial charge on any atom is 0.240 e. The monoisotopic (exact) mass is 283 g/mol. The molecule has 0 spiro atoms. The Hall–Kier alpha value is -1.11. The molecule has 4 N–H and O–H groups in total. The fraction of sp³-hybridized carbons (Fsp3) is 0.538. The Kier molecular flexibility index (Phi) is 4.79. The molecule has 0 heterocycles. The molecule has 1 aliphatic carbocycles. The molecule has 0 amide bonds. The van der Waals surface area contributed by atoms with Crippen LogP contribution in [0.1, 0.15) is 32.1 Å². The fourth-order valence-electron chi connectivity index (χ4n) is 2.43. The summed E-state index contributed by atoms with van der Waals surface area (Å²) in [5.41, 5.74) is 3.16. The van der Waals surface area contributed by atoms with Gasteiger partial charge in [0.2, 0.25) is 10.0 Å². The van der Waals surface area contributed by atoms with Gasteiger partial charge in [-0.05, 0) is 43.0 Å². The van der Waals surface area contributed by atoms with Gasteiger partial charge in [-0.3, -0.25) is 5.84 Å². The lowest BCUT2D eigenvalue weighted by atomic mass is 9.90. The SMILES string of the molecule is NNc1ccc(S(=O)(=O)NCC2CCCCC2)cc1. The predicted molar refractivity (Wildman–Crippen MR) is 76.0 cm³/mol. The molecule has 1 aliphatic rings.